The van der Waals surface area contributed by atoms with Crippen LogP contribution in [0.25, 0.3) is 0 Å². The highest BCUT2D eigenvalue weighted by Crippen LogP contribution is 2.35. The molecule has 2 aromatic rings. The predicted molar refractivity (Wildman–Crippen MR) is 81.3 cm³/mol. The first kappa shape index (κ1) is 14.6. The number of aromatic nitrogens is 3. The monoisotopic (exact) mass is 300 g/mol. The Labute approximate surface area is 129 Å². The SMILES string of the molecule is Cn1c(COc2ccccc2CC(N)=O)nnc1C1CCC1. The van der Waals surface area contributed by atoms with E-state index in [-0.39, 0.29) is 12.3 Å². The fourth-order valence-electron chi connectivity index (χ4n) is 2.64. The quantitative estimate of drug-likeness (QED) is 0.880. The molecule has 1 aromatic heterocycles. The van der Waals surface area contributed by atoms with Crippen LogP contribution in [0.4, 0.5) is 0 Å². The molecule has 1 heterocycles. The molecule has 1 fully saturated rings. The van der Waals surface area contributed by atoms with E-state index >= 15 is 0 Å². The molecule has 0 radical (unpaired) electrons. The van der Waals surface area contributed by atoms with Crippen LogP contribution in [0, 0.1) is 0 Å². The minimum absolute atomic E-state index is 0.169. The molecule has 0 aliphatic heterocycles. The third kappa shape index (κ3) is 2.95. The van der Waals surface area contributed by atoms with Gasteiger partial charge in [0.15, 0.2) is 5.82 Å². The molecule has 2 N–H and O–H groups in total. The number of nitrogens with two attached hydrogens (primary N) is 1. The molecule has 6 heteroatoms. The van der Waals surface area contributed by atoms with E-state index in [9.17, 15) is 4.79 Å². The van der Waals surface area contributed by atoms with Gasteiger partial charge >= 0.3 is 0 Å². The molecule has 0 saturated heterocycles. The third-order valence-corrected chi connectivity index (χ3v) is 4.16. The summed E-state index contributed by atoms with van der Waals surface area (Å²) in [5, 5.41) is 8.50. The predicted octanol–water partition coefficient (Wildman–Crippen LogP) is 1.69. The lowest BCUT2D eigenvalue weighted by atomic mass is 9.85. The average molecular weight is 300 g/mol. The van der Waals surface area contributed by atoms with Crippen molar-refractivity contribution in [3.63, 3.8) is 0 Å². The highest BCUT2D eigenvalue weighted by atomic mass is 16.5. The Morgan fingerprint density at radius 3 is 2.82 bits per heavy atom. The summed E-state index contributed by atoms with van der Waals surface area (Å²) < 4.78 is 7.83. The van der Waals surface area contributed by atoms with Crippen molar-refractivity contribution in [3.8, 4) is 5.75 Å². The topological polar surface area (TPSA) is 83.0 Å². The molecule has 116 valence electrons. The van der Waals surface area contributed by atoms with Gasteiger partial charge in [0, 0.05) is 18.5 Å². The normalized spacial score (nSPS) is 14.6. The second-order valence-electron chi connectivity index (χ2n) is 5.70. The minimum Gasteiger partial charge on any atom is -0.485 e. The summed E-state index contributed by atoms with van der Waals surface area (Å²) in [5.41, 5.74) is 6.05. The van der Waals surface area contributed by atoms with Gasteiger partial charge < -0.3 is 15.0 Å². The van der Waals surface area contributed by atoms with Crippen molar-refractivity contribution in [2.45, 2.75) is 38.2 Å². The van der Waals surface area contributed by atoms with Crippen LogP contribution in [0.3, 0.4) is 0 Å². The molecule has 1 saturated carbocycles. The fraction of sp³-hybridized carbons (Fsp3) is 0.438. The number of primary amides is 1. The number of hydrogen-bond acceptors (Lipinski definition) is 4. The van der Waals surface area contributed by atoms with Crippen molar-refractivity contribution >= 4 is 5.91 Å². The molecular formula is C16H20N4O2. The molecule has 1 aromatic carbocycles. The maximum absolute atomic E-state index is 11.1. The highest BCUT2D eigenvalue weighted by molar-refractivity contribution is 5.77. The first-order valence-corrected chi connectivity index (χ1v) is 7.52. The molecule has 0 bridgehead atoms. The zero-order chi connectivity index (χ0) is 15.5. The number of nitrogens with zero attached hydrogens (tertiary/aromatic N) is 3. The van der Waals surface area contributed by atoms with Crippen LogP contribution in [0.15, 0.2) is 24.3 Å². The lowest BCUT2D eigenvalue weighted by molar-refractivity contribution is -0.117. The number of ether oxygens (including phenoxy) is 1. The van der Waals surface area contributed by atoms with E-state index in [4.69, 9.17) is 10.5 Å². The molecule has 1 aliphatic carbocycles. The number of carbonyl (C=O) groups excluding carboxylic acids is 1. The van der Waals surface area contributed by atoms with E-state index in [2.05, 4.69) is 10.2 Å². The van der Waals surface area contributed by atoms with Gasteiger partial charge in [0.1, 0.15) is 18.2 Å². The van der Waals surface area contributed by atoms with E-state index in [0.29, 0.717) is 18.3 Å². The number of rotatable bonds is 6. The molecule has 3 rings (SSSR count). The number of hydrogen-bond donors (Lipinski definition) is 1. The smallest absolute Gasteiger partial charge is 0.221 e. The molecule has 1 aliphatic rings. The van der Waals surface area contributed by atoms with E-state index in [0.717, 1.165) is 17.2 Å². The first-order valence-electron chi connectivity index (χ1n) is 7.52. The maximum Gasteiger partial charge on any atom is 0.221 e. The summed E-state index contributed by atoms with van der Waals surface area (Å²) in [6, 6.07) is 7.41. The summed E-state index contributed by atoms with van der Waals surface area (Å²) in [4.78, 5) is 11.1. The summed E-state index contributed by atoms with van der Waals surface area (Å²) >= 11 is 0. The number of carbonyl (C=O) groups is 1. The van der Waals surface area contributed by atoms with Crippen LogP contribution in [-0.2, 0) is 24.9 Å². The molecule has 0 unspecified atom stereocenters. The molecule has 0 spiro atoms. The second-order valence-corrected chi connectivity index (χ2v) is 5.70. The standard InChI is InChI=1S/C16H20N4O2/c1-20-15(18-19-16(20)11-6-4-7-11)10-22-13-8-3-2-5-12(13)9-14(17)21/h2-3,5,8,11H,4,6-7,9-10H2,1H3,(H2,17,21). The number of para-hydroxylation sites is 1. The van der Waals surface area contributed by atoms with Crippen LogP contribution >= 0.6 is 0 Å². The van der Waals surface area contributed by atoms with E-state index in [1.807, 2.05) is 35.9 Å². The van der Waals surface area contributed by atoms with Crippen molar-refractivity contribution in [3.05, 3.63) is 41.5 Å². The van der Waals surface area contributed by atoms with Gasteiger partial charge in [-0.1, -0.05) is 24.6 Å². The van der Waals surface area contributed by atoms with Gasteiger partial charge in [-0.2, -0.15) is 0 Å². The minimum atomic E-state index is -0.373. The van der Waals surface area contributed by atoms with Gasteiger partial charge in [-0.05, 0) is 18.9 Å². The number of benzene rings is 1. The van der Waals surface area contributed by atoms with Crippen LogP contribution in [0.2, 0.25) is 0 Å². The average Bonchev–Trinajstić information content (AvgIpc) is 2.77. The Balaban J connectivity index is 1.70. The number of amides is 1. The van der Waals surface area contributed by atoms with Gasteiger partial charge in [0.25, 0.3) is 0 Å². The van der Waals surface area contributed by atoms with E-state index < -0.39 is 0 Å². The zero-order valence-corrected chi connectivity index (χ0v) is 12.7. The van der Waals surface area contributed by atoms with Gasteiger partial charge in [-0.15, -0.1) is 10.2 Å². The zero-order valence-electron chi connectivity index (χ0n) is 12.7. The summed E-state index contributed by atoms with van der Waals surface area (Å²) in [5.74, 6) is 2.65. The highest BCUT2D eigenvalue weighted by Gasteiger charge is 2.25. The van der Waals surface area contributed by atoms with Crippen LogP contribution in [0.5, 0.6) is 5.75 Å². The second kappa shape index (κ2) is 6.17. The largest absolute Gasteiger partial charge is 0.485 e. The van der Waals surface area contributed by atoms with Gasteiger partial charge in [-0.3, -0.25) is 4.79 Å². The molecule has 1 amide bonds. The lowest BCUT2D eigenvalue weighted by Gasteiger charge is -2.24. The summed E-state index contributed by atoms with van der Waals surface area (Å²) in [7, 11) is 1.97. The van der Waals surface area contributed by atoms with Gasteiger partial charge in [-0.25, -0.2) is 0 Å². The molecule has 0 atom stereocenters. The third-order valence-electron chi connectivity index (χ3n) is 4.16. The maximum atomic E-state index is 11.1. The summed E-state index contributed by atoms with van der Waals surface area (Å²) in [6.45, 7) is 0.325. The lowest BCUT2D eigenvalue weighted by Crippen LogP contribution is -2.16. The van der Waals surface area contributed by atoms with Crippen LogP contribution in [-0.4, -0.2) is 20.7 Å². The van der Waals surface area contributed by atoms with E-state index in [1.54, 1.807) is 0 Å². The van der Waals surface area contributed by atoms with Crippen LogP contribution in [0.1, 0.15) is 42.4 Å². The Bertz CT molecular complexity index is 677. The molecule has 22 heavy (non-hydrogen) atoms. The van der Waals surface area contributed by atoms with Crippen molar-refractivity contribution in [2.75, 3.05) is 0 Å². The Morgan fingerprint density at radius 2 is 2.14 bits per heavy atom. The molecule has 6 nitrogen and oxygen atoms in total. The van der Waals surface area contributed by atoms with Crippen molar-refractivity contribution in [1.82, 2.24) is 14.8 Å². The van der Waals surface area contributed by atoms with Gasteiger partial charge in [0.2, 0.25) is 5.91 Å². The van der Waals surface area contributed by atoms with Crippen LogP contribution < -0.4 is 10.5 Å². The Morgan fingerprint density at radius 1 is 1.36 bits per heavy atom. The van der Waals surface area contributed by atoms with Crippen molar-refractivity contribution in [2.24, 2.45) is 12.8 Å². The first-order chi connectivity index (χ1) is 10.6. The van der Waals surface area contributed by atoms with Crippen molar-refractivity contribution < 1.29 is 9.53 Å². The Hall–Kier alpha value is -2.37. The van der Waals surface area contributed by atoms with Gasteiger partial charge in [0.05, 0.1) is 6.42 Å². The molecular weight excluding hydrogens is 280 g/mol. The van der Waals surface area contributed by atoms with E-state index in [1.165, 1.54) is 19.3 Å². The summed E-state index contributed by atoms with van der Waals surface area (Å²) in [6.07, 6.45) is 3.81. The van der Waals surface area contributed by atoms with Crippen molar-refractivity contribution in [1.29, 1.82) is 0 Å². The Kier molecular flexibility index (Phi) is 4.09. The fourth-order valence-corrected chi connectivity index (χ4v) is 2.64.